The van der Waals surface area contributed by atoms with Crippen LogP contribution in [0.1, 0.15) is 17.5 Å². The van der Waals surface area contributed by atoms with Crippen LogP contribution in [0.15, 0.2) is 12.1 Å². The lowest BCUT2D eigenvalue weighted by atomic mass is 10.0. The fraction of sp³-hybridized carbons (Fsp3) is 0.438. The van der Waals surface area contributed by atoms with E-state index in [1.165, 1.54) is 21.3 Å². The molecule has 0 aromatic heterocycles. The Bertz CT molecular complexity index is 668. The molecule has 2 rings (SSSR count). The van der Waals surface area contributed by atoms with E-state index in [1.54, 1.807) is 6.08 Å². The third-order valence-corrected chi connectivity index (χ3v) is 3.77. The molecule has 24 heavy (non-hydrogen) atoms. The first-order chi connectivity index (χ1) is 11.3. The minimum atomic E-state index is -4.89. The van der Waals surface area contributed by atoms with Crippen LogP contribution < -0.4 is 19.5 Å². The van der Waals surface area contributed by atoms with Crippen LogP contribution in [0.5, 0.6) is 17.2 Å². The largest absolute Gasteiger partial charge is 0.493 e. The molecule has 1 aliphatic carbocycles. The Kier molecular flexibility index (Phi) is 5.26. The van der Waals surface area contributed by atoms with Gasteiger partial charge in [-0.3, -0.25) is 4.79 Å². The number of halogens is 3. The van der Waals surface area contributed by atoms with Crippen molar-refractivity contribution >= 4 is 11.5 Å². The van der Waals surface area contributed by atoms with E-state index < -0.39 is 12.1 Å². The highest BCUT2D eigenvalue weighted by Crippen LogP contribution is 2.48. The number of hydrogen-bond acceptors (Lipinski definition) is 4. The van der Waals surface area contributed by atoms with Crippen LogP contribution in [0.4, 0.5) is 13.2 Å². The highest BCUT2D eigenvalue weighted by Gasteiger charge is 2.38. The van der Waals surface area contributed by atoms with Gasteiger partial charge in [0.25, 0.3) is 0 Å². The number of carbonyl (C=O) groups excluding carboxylic acids is 1. The summed E-state index contributed by atoms with van der Waals surface area (Å²) in [6.07, 6.45) is -2.00. The minimum absolute atomic E-state index is 0.218. The fourth-order valence-electron chi connectivity index (χ4n) is 2.72. The van der Waals surface area contributed by atoms with Crippen LogP contribution in [0, 0.1) is 0 Å². The van der Waals surface area contributed by atoms with Gasteiger partial charge < -0.3 is 19.5 Å². The summed E-state index contributed by atoms with van der Waals surface area (Å²) in [5, 5.41) is 1.83. The second-order valence-electron chi connectivity index (χ2n) is 5.12. The summed E-state index contributed by atoms with van der Waals surface area (Å²) < 4.78 is 52.6. The number of methoxy groups -OCH3 is 3. The first-order valence-corrected chi connectivity index (χ1v) is 7.19. The zero-order chi connectivity index (χ0) is 17.9. The van der Waals surface area contributed by atoms with Crippen molar-refractivity contribution in [2.45, 2.75) is 19.0 Å². The molecule has 0 bridgehead atoms. The average Bonchev–Trinajstić information content (AvgIpc) is 2.94. The monoisotopic (exact) mass is 345 g/mol. The number of aryl methyl sites for hydroxylation is 1. The van der Waals surface area contributed by atoms with Crippen molar-refractivity contribution < 1.29 is 32.2 Å². The molecule has 1 aliphatic rings. The molecule has 132 valence electrons. The Morgan fingerprint density at radius 1 is 1.17 bits per heavy atom. The maximum atomic E-state index is 12.2. The lowest BCUT2D eigenvalue weighted by molar-refractivity contribution is -0.173. The number of nitrogens with one attached hydrogen (secondary N) is 1. The molecule has 0 saturated carbocycles. The predicted molar refractivity (Wildman–Crippen MR) is 81.5 cm³/mol. The molecule has 0 saturated heterocycles. The second-order valence-corrected chi connectivity index (χ2v) is 5.12. The van der Waals surface area contributed by atoms with Gasteiger partial charge in [0, 0.05) is 12.1 Å². The lowest BCUT2D eigenvalue weighted by Gasteiger charge is -2.16. The van der Waals surface area contributed by atoms with Crippen molar-refractivity contribution in [3.05, 3.63) is 23.3 Å². The van der Waals surface area contributed by atoms with Crippen molar-refractivity contribution in [1.29, 1.82) is 0 Å². The molecule has 0 aliphatic heterocycles. The highest BCUT2D eigenvalue weighted by atomic mass is 19.4. The van der Waals surface area contributed by atoms with Crippen molar-refractivity contribution in [1.82, 2.24) is 5.32 Å². The topological polar surface area (TPSA) is 56.8 Å². The maximum absolute atomic E-state index is 12.2. The number of amides is 1. The van der Waals surface area contributed by atoms with E-state index in [-0.39, 0.29) is 6.54 Å². The number of rotatable bonds is 5. The third kappa shape index (κ3) is 3.42. The number of benzene rings is 1. The van der Waals surface area contributed by atoms with Gasteiger partial charge in [-0.05, 0) is 30.0 Å². The minimum Gasteiger partial charge on any atom is -0.493 e. The Hall–Kier alpha value is -2.38. The Balaban J connectivity index is 2.31. The number of allylic oxidation sites excluding steroid dienone is 1. The van der Waals surface area contributed by atoms with Crippen LogP contribution in [-0.2, 0) is 11.2 Å². The zero-order valence-corrected chi connectivity index (χ0v) is 13.5. The van der Waals surface area contributed by atoms with Gasteiger partial charge >= 0.3 is 12.1 Å². The summed E-state index contributed by atoms with van der Waals surface area (Å²) in [7, 11) is 4.48. The van der Waals surface area contributed by atoms with E-state index >= 15 is 0 Å². The predicted octanol–water partition coefficient (Wildman–Crippen LogP) is 2.72. The third-order valence-electron chi connectivity index (χ3n) is 3.77. The molecule has 0 atom stereocenters. The Morgan fingerprint density at radius 3 is 2.38 bits per heavy atom. The lowest BCUT2D eigenvalue weighted by Crippen LogP contribution is -2.36. The molecule has 1 amide bonds. The van der Waals surface area contributed by atoms with E-state index in [1.807, 2.05) is 11.4 Å². The summed E-state index contributed by atoms with van der Waals surface area (Å²) in [4.78, 5) is 10.9. The van der Waals surface area contributed by atoms with Crippen LogP contribution >= 0.6 is 0 Å². The number of carbonyl (C=O) groups is 1. The van der Waals surface area contributed by atoms with E-state index in [0.29, 0.717) is 30.1 Å². The SMILES string of the molecule is COc1cc2c(c(OC)c1OC)/C(=C\CNC(=O)C(F)(F)F)CC2. The average molecular weight is 345 g/mol. The van der Waals surface area contributed by atoms with Gasteiger partial charge in [-0.15, -0.1) is 0 Å². The summed E-state index contributed by atoms with van der Waals surface area (Å²) >= 11 is 0. The molecule has 1 aromatic carbocycles. The normalized spacial score (nSPS) is 15.2. The van der Waals surface area contributed by atoms with E-state index in [4.69, 9.17) is 14.2 Å². The van der Waals surface area contributed by atoms with Crippen molar-refractivity contribution in [2.75, 3.05) is 27.9 Å². The van der Waals surface area contributed by atoms with Gasteiger partial charge in [0.1, 0.15) is 0 Å². The highest BCUT2D eigenvalue weighted by molar-refractivity contribution is 5.83. The molecule has 0 spiro atoms. The molecule has 0 radical (unpaired) electrons. The molecule has 0 fully saturated rings. The van der Waals surface area contributed by atoms with Crippen molar-refractivity contribution in [2.24, 2.45) is 0 Å². The zero-order valence-electron chi connectivity index (χ0n) is 13.5. The van der Waals surface area contributed by atoms with E-state index in [9.17, 15) is 18.0 Å². The van der Waals surface area contributed by atoms with Gasteiger partial charge in [0.05, 0.1) is 21.3 Å². The second kappa shape index (κ2) is 7.02. The molecule has 8 heteroatoms. The van der Waals surface area contributed by atoms with E-state index in [0.717, 1.165) is 16.7 Å². The molecule has 0 unspecified atom stereocenters. The van der Waals surface area contributed by atoms with Crippen molar-refractivity contribution in [3.8, 4) is 17.2 Å². The molecule has 1 N–H and O–H groups in total. The number of alkyl halides is 3. The fourth-order valence-corrected chi connectivity index (χ4v) is 2.72. The number of fused-ring (bicyclic) bond motifs is 1. The summed E-state index contributed by atoms with van der Waals surface area (Å²) in [6, 6.07) is 1.83. The molecule has 1 aromatic rings. The summed E-state index contributed by atoms with van der Waals surface area (Å²) in [5.74, 6) is -0.541. The van der Waals surface area contributed by atoms with Crippen molar-refractivity contribution in [3.63, 3.8) is 0 Å². The van der Waals surface area contributed by atoms with Gasteiger partial charge in [0.2, 0.25) is 5.75 Å². The Morgan fingerprint density at radius 2 is 1.83 bits per heavy atom. The van der Waals surface area contributed by atoms with Crippen LogP contribution in [0.25, 0.3) is 5.57 Å². The maximum Gasteiger partial charge on any atom is 0.471 e. The standard InChI is InChI=1S/C16H18F3NO4/c1-22-11-8-10-5-4-9(6-7-20-15(21)16(17,18)19)12(10)14(24-3)13(11)23-2/h6,8H,4-5,7H2,1-3H3,(H,20,21)/b9-6-. The summed E-state index contributed by atoms with van der Waals surface area (Å²) in [5.41, 5.74) is 2.53. The van der Waals surface area contributed by atoms with E-state index in [2.05, 4.69) is 0 Å². The first-order valence-electron chi connectivity index (χ1n) is 7.19. The molecular weight excluding hydrogens is 327 g/mol. The van der Waals surface area contributed by atoms with Crippen LogP contribution in [-0.4, -0.2) is 40.0 Å². The Labute approximate surface area is 137 Å². The number of ether oxygens (including phenoxy) is 3. The molecular formula is C16H18F3NO4. The smallest absolute Gasteiger partial charge is 0.471 e. The molecule has 5 nitrogen and oxygen atoms in total. The molecule has 0 heterocycles. The quantitative estimate of drug-likeness (QED) is 0.892. The number of hydrogen-bond donors (Lipinski definition) is 1. The van der Waals surface area contributed by atoms with Gasteiger partial charge in [-0.1, -0.05) is 6.08 Å². The summed E-state index contributed by atoms with van der Waals surface area (Å²) in [6.45, 7) is -0.218. The van der Waals surface area contributed by atoms with Gasteiger partial charge in [0.15, 0.2) is 11.5 Å². The van der Waals surface area contributed by atoms with Gasteiger partial charge in [-0.2, -0.15) is 13.2 Å². The van der Waals surface area contributed by atoms with Gasteiger partial charge in [-0.25, -0.2) is 0 Å². The first kappa shape index (κ1) is 18.0. The van der Waals surface area contributed by atoms with Crippen LogP contribution in [0.2, 0.25) is 0 Å². The van der Waals surface area contributed by atoms with Crippen LogP contribution in [0.3, 0.4) is 0 Å².